The average Bonchev–Trinajstić information content (AvgIpc) is 2.83. The van der Waals surface area contributed by atoms with Crippen LogP contribution in [-0.2, 0) is 14.3 Å². The van der Waals surface area contributed by atoms with Crippen molar-refractivity contribution in [1.29, 1.82) is 0 Å². The van der Waals surface area contributed by atoms with E-state index < -0.39 is 0 Å². The fourth-order valence-corrected chi connectivity index (χ4v) is 4.20. The fourth-order valence-electron chi connectivity index (χ4n) is 4.20. The maximum absolute atomic E-state index is 13.1. The number of carbonyl (C=O) groups is 2. The van der Waals surface area contributed by atoms with E-state index in [4.69, 9.17) is 4.74 Å². The van der Waals surface area contributed by atoms with Crippen molar-refractivity contribution in [2.45, 2.75) is 26.2 Å². The molecular formula is C23H35FIN5O3. The topological polar surface area (TPSA) is 77.5 Å². The molecule has 10 heteroatoms. The van der Waals surface area contributed by atoms with E-state index in [-0.39, 0.29) is 47.6 Å². The maximum Gasteiger partial charge on any atom is 0.308 e. The van der Waals surface area contributed by atoms with E-state index in [2.05, 4.69) is 20.1 Å². The molecule has 2 heterocycles. The molecule has 1 amide bonds. The van der Waals surface area contributed by atoms with Crippen LogP contribution >= 0.6 is 24.0 Å². The Hall–Kier alpha value is -2.11. The molecule has 33 heavy (non-hydrogen) atoms. The molecule has 1 aromatic carbocycles. The predicted octanol–water partition coefficient (Wildman–Crippen LogP) is 2.33. The number of aliphatic imine (C=N–C) groups is 1. The Labute approximate surface area is 212 Å². The van der Waals surface area contributed by atoms with Crippen molar-refractivity contribution >= 4 is 47.5 Å². The van der Waals surface area contributed by atoms with Gasteiger partial charge in [0.25, 0.3) is 0 Å². The third-order valence-corrected chi connectivity index (χ3v) is 6.08. The zero-order valence-corrected chi connectivity index (χ0v) is 21.8. The minimum absolute atomic E-state index is 0. The molecule has 2 fully saturated rings. The quantitative estimate of drug-likeness (QED) is 0.243. The summed E-state index contributed by atoms with van der Waals surface area (Å²) in [5.41, 5.74) is 0.981. The van der Waals surface area contributed by atoms with Gasteiger partial charge < -0.3 is 24.8 Å². The number of guanidine groups is 1. The number of carbonyl (C=O) groups excluding carboxylic acids is 2. The number of piperidine rings is 1. The normalized spacial score (nSPS) is 17.4. The first kappa shape index (κ1) is 27.1. The van der Waals surface area contributed by atoms with Crippen molar-refractivity contribution in [3.8, 4) is 0 Å². The van der Waals surface area contributed by atoms with Crippen LogP contribution < -0.4 is 10.2 Å². The van der Waals surface area contributed by atoms with Crippen molar-refractivity contribution < 1.29 is 18.7 Å². The Kier molecular flexibility index (Phi) is 11.2. The number of halogens is 2. The third-order valence-electron chi connectivity index (χ3n) is 6.08. The lowest BCUT2D eigenvalue weighted by Gasteiger charge is -2.36. The number of anilines is 1. The molecular weight excluding hydrogens is 540 g/mol. The van der Waals surface area contributed by atoms with Crippen LogP contribution in [0.3, 0.4) is 0 Å². The minimum Gasteiger partial charge on any atom is -0.469 e. The minimum atomic E-state index is -0.243. The summed E-state index contributed by atoms with van der Waals surface area (Å²) in [7, 11) is 1.43. The highest BCUT2D eigenvalue weighted by Gasteiger charge is 2.27. The summed E-state index contributed by atoms with van der Waals surface area (Å²) in [5.74, 6) is 0.469. The molecule has 2 saturated heterocycles. The van der Waals surface area contributed by atoms with Crippen LogP contribution in [0, 0.1) is 11.7 Å². The summed E-state index contributed by atoms with van der Waals surface area (Å²) in [6.45, 7) is 7.45. The summed E-state index contributed by atoms with van der Waals surface area (Å²) in [5, 5.41) is 3.29. The largest absolute Gasteiger partial charge is 0.469 e. The molecule has 2 aliphatic heterocycles. The van der Waals surface area contributed by atoms with Gasteiger partial charge in [-0.25, -0.2) is 4.39 Å². The van der Waals surface area contributed by atoms with Gasteiger partial charge in [0.15, 0.2) is 5.96 Å². The fraction of sp³-hybridized carbons (Fsp3) is 0.609. The summed E-state index contributed by atoms with van der Waals surface area (Å²) < 4.78 is 18.0. The molecule has 1 N–H and O–H groups in total. The standard InChI is InChI=1S/C23H34FN5O3.HI/c1-3-25-23(29-12-9-18(10-13-29)22(31)32-2)26-11-8-21(30)28-16-14-27(15-17-28)20-6-4-19(24)5-7-20;/h4-7,18H,3,8-17H2,1-2H3,(H,25,26);1H. The highest BCUT2D eigenvalue weighted by molar-refractivity contribution is 14.0. The van der Waals surface area contributed by atoms with Crippen LogP contribution in [0.1, 0.15) is 26.2 Å². The molecule has 0 spiro atoms. The molecule has 0 atom stereocenters. The van der Waals surface area contributed by atoms with Gasteiger partial charge in [-0.05, 0) is 44.0 Å². The van der Waals surface area contributed by atoms with E-state index >= 15 is 0 Å². The SMILES string of the molecule is CCNC(=NCCC(=O)N1CCN(c2ccc(F)cc2)CC1)N1CCC(C(=O)OC)CC1.I. The average molecular weight is 575 g/mol. The number of nitrogens with zero attached hydrogens (tertiary/aromatic N) is 4. The van der Waals surface area contributed by atoms with Crippen molar-refractivity contribution in [1.82, 2.24) is 15.1 Å². The molecule has 0 saturated carbocycles. The number of likely N-dealkylation sites (tertiary alicyclic amines) is 1. The van der Waals surface area contributed by atoms with Gasteiger partial charge in [-0.2, -0.15) is 0 Å². The zero-order valence-electron chi connectivity index (χ0n) is 19.5. The van der Waals surface area contributed by atoms with Gasteiger partial charge in [0, 0.05) is 57.9 Å². The van der Waals surface area contributed by atoms with Crippen molar-refractivity contribution in [3.63, 3.8) is 0 Å². The Bertz CT molecular complexity index is 792. The molecule has 8 nitrogen and oxygen atoms in total. The van der Waals surface area contributed by atoms with Crippen LogP contribution in [0.5, 0.6) is 0 Å². The number of amides is 1. The summed E-state index contributed by atoms with van der Waals surface area (Å²) in [6, 6.07) is 6.48. The van der Waals surface area contributed by atoms with E-state index in [1.54, 1.807) is 12.1 Å². The molecule has 0 radical (unpaired) electrons. The number of rotatable bonds is 6. The van der Waals surface area contributed by atoms with Gasteiger partial charge in [0.1, 0.15) is 5.82 Å². The molecule has 0 aromatic heterocycles. The Morgan fingerprint density at radius 2 is 1.70 bits per heavy atom. The van der Waals surface area contributed by atoms with Gasteiger partial charge in [-0.1, -0.05) is 0 Å². The van der Waals surface area contributed by atoms with E-state index in [9.17, 15) is 14.0 Å². The molecule has 0 unspecified atom stereocenters. The second-order valence-corrected chi connectivity index (χ2v) is 8.11. The van der Waals surface area contributed by atoms with Gasteiger partial charge in [0.2, 0.25) is 5.91 Å². The first-order chi connectivity index (χ1) is 15.5. The summed E-state index contributed by atoms with van der Waals surface area (Å²) in [4.78, 5) is 35.2. The van der Waals surface area contributed by atoms with E-state index in [0.29, 0.717) is 26.1 Å². The Morgan fingerprint density at radius 1 is 1.06 bits per heavy atom. The third kappa shape index (κ3) is 7.72. The zero-order chi connectivity index (χ0) is 22.9. The first-order valence-electron chi connectivity index (χ1n) is 11.4. The van der Waals surface area contributed by atoms with Gasteiger partial charge in [-0.3, -0.25) is 14.6 Å². The molecule has 2 aliphatic rings. The summed E-state index contributed by atoms with van der Waals surface area (Å²) in [6.07, 6.45) is 1.85. The van der Waals surface area contributed by atoms with Crippen LogP contribution in [0.25, 0.3) is 0 Å². The van der Waals surface area contributed by atoms with Gasteiger partial charge in [-0.15, -0.1) is 24.0 Å². The molecule has 1 aromatic rings. The molecule has 0 bridgehead atoms. The van der Waals surface area contributed by atoms with Gasteiger partial charge >= 0.3 is 5.97 Å². The number of hydrogen-bond acceptors (Lipinski definition) is 5. The highest BCUT2D eigenvalue weighted by Crippen LogP contribution is 2.19. The van der Waals surface area contributed by atoms with E-state index in [1.807, 2.05) is 11.8 Å². The van der Waals surface area contributed by atoms with Crippen LogP contribution in [0.15, 0.2) is 29.3 Å². The lowest BCUT2D eigenvalue weighted by Crippen LogP contribution is -2.49. The number of ether oxygens (including phenoxy) is 1. The number of benzene rings is 1. The van der Waals surface area contributed by atoms with Gasteiger partial charge in [0.05, 0.1) is 19.6 Å². The Balaban J connectivity index is 0.00000385. The van der Waals surface area contributed by atoms with Crippen LogP contribution in [0.4, 0.5) is 10.1 Å². The van der Waals surface area contributed by atoms with Crippen molar-refractivity contribution in [2.24, 2.45) is 10.9 Å². The van der Waals surface area contributed by atoms with E-state index in [1.165, 1.54) is 19.2 Å². The first-order valence-corrected chi connectivity index (χ1v) is 11.4. The van der Waals surface area contributed by atoms with Crippen LogP contribution in [0.2, 0.25) is 0 Å². The number of nitrogens with one attached hydrogen (secondary N) is 1. The Morgan fingerprint density at radius 3 is 2.27 bits per heavy atom. The lowest BCUT2D eigenvalue weighted by molar-refractivity contribution is -0.146. The van der Waals surface area contributed by atoms with E-state index in [0.717, 1.165) is 57.2 Å². The monoisotopic (exact) mass is 575 g/mol. The second-order valence-electron chi connectivity index (χ2n) is 8.11. The summed E-state index contributed by atoms with van der Waals surface area (Å²) >= 11 is 0. The smallest absolute Gasteiger partial charge is 0.308 e. The number of hydrogen-bond donors (Lipinski definition) is 1. The highest BCUT2D eigenvalue weighted by atomic mass is 127. The molecule has 0 aliphatic carbocycles. The predicted molar refractivity (Wildman–Crippen MR) is 138 cm³/mol. The van der Waals surface area contributed by atoms with Crippen molar-refractivity contribution in [2.75, 3.05) is 64.4 Å². The van der Waals surface area contributed by atoms with Crippen LogP contribution in [-0.4, -0.2) is 87.1 Å². The lowest BCUT2D eigenvalue weighted by atomic mass is 9.97. The number of esters is 1. The number of piperazine rings is 1. The van der Waals surface area contributed by atoms with Crippen molar-refractivity contribution in [3.05, 3.63) is 30.1 Å². The molecule has 3 rings (SSSR count). The second kappa shape index (κ2) is 13.6. The molecule has 184 valence electrons. The maximum atomic E-state index is 13.1. The number of methoxy groups -OCH3 is 1.